The van der Waals surface area contributed by atoms with Gasteiger partial charge in [-0.2, -0.15) is 0 Å². The van der Waals surface area contributed by atoms with Crippen LogP contribution in [0.25, 0.3) is 6.08 Å². The number of anilines is 1. The fourth-order valence-corrected chi connectivity index (χ4v) is 3.44. The van der Waals surface area contributed by atoms with Crippen molar-refractivity contribution in [1.29, 1.82) is 0 Å². The Kier molecular flexibility index (Phi) is 5.06. The molecule has 0 radical (unpaired) electrons. The van der Waals surface area contributed by atoms with Crippen molar-refractivity contribution in [3.63, 3.8) is 0 Å². The molecule has 0 aliphatic carbocycles. The summed E-state index contributed by atoms with van der Waals surface area (Å²) >= 11 is 4.53. The van der Waals surface area contributed by atoms with Crippen molar-refractivity contribution in [2.24, 2.45) is 0 Å². The lowest BCUT2D eigenvalue weighted by molar-refractivity contribution is -0.111. The molecular formula is C11H12N4OS3. The molecule has 1 N–H and O–H groups in total. The Balaban J connectivity index is 1.91. The molecule has 0 spiro atoms. The summed E-state index contributed by atoms with van der Waals surface area (Å²) in [7, 11) is 0. The van der Waals surface area contributed by atoms with Crippen LogP contribution in [-0.2, 0) is 4.79 Å². The zero-order chi connectivity index (χ0) is 13.7. The molecule has 0 saturated heterocycles. The minimum atomic E-state index is -0.227. The summed E-state index contributed by atoms with van der Waals surface area (Å²) in [4.78, 5) is 15.9. The number of rotatable bonds is 5. The van der Waals surface area contributed by atoms with Crippen LogP contribution in [0.15, 0.2) is 15.8 Å². The highest BCUT2D eigenvalue weighted by molar-refractivity contribution is 8.01. The maximum atomic E-state index is 11.7. The van der Waals surface area contributed by atoms with E-state index in [9.17, 15) is 4.79 Å². The second-order valence-corrected chi connectivity index (χ2v) is 6.97. The number of aromatic nitrogens is 3. The summed E-state index contributed by atoms with van der Waals surface area (Å²) in [6, 6.07) is 0. The van der Waals surface area contributed by atoms with Crippen LogP contribution in [0.4, 0.5) is 5.13 Å². The topological polar surface area (TPSA) is 67.8 Å². The monoisotopic (exact) mass is 312 g/mol. The van der Waals surface area contributed by atoms with Crippen LogP contribution in [0.5, 0.6) is 0 Å². The first-order chi connectivity index (χ1) is 9.17. The average molecular weight is 312 g/mol. The number of thioether (sulfide) groups is 1. The Hall–Kier alpha value is -1.25. The molecule has 1 amide bonds. The van der Waals surface area contributed by atoms with E-state index in [1.807, 2.05) is 19.2 Å². The van der Waals surface area contributed by atoms with Gasteiger partial charge in [-0.15, -0.1) is 21.5 Å². The second kappa shape index (κ2) is 6.78. The van der Waals surface area contributed by atoms with Gasteiger partial charge in [0.25, 0.3) is 0 Å². The number of aryl methyl sites for hydroxylation is 1. The third-order valence-corrected chi connectivity index (χ3v) is 4.59. The van der Waals surface area contributed by atoms with Crippen LogP contribution >= 0.6 is 34.4 Å². The van der Waals surface area contributed by atoms with Crippen molar-refractivity contribution in [3.8, 4) is 0 Å². The Morgan fingerprint density at radius 3 is 3.05 bits per heavy atom. The lowest BCUT2D eigenvalue weighted by Gasteiger charge is -1.93. The molecule has 100 valence electrons. The normalized spacial score (nSPS) is 11.1. The van der Waals surface area contributed by atoms with Gasteiger partial charge in [-0.05, 0) is 18.8 Å². The van der Waals surface area contributed by atoms with Gasteiger partial charge in [-0.25, -0.2) is 4.98 Å². The van der Waals surface area contributed by atoms with Gasteiger partial charge in [0.1, 0.15) is 0 Å². The van der Waals surface area contributed by atoms with Gasteiger partial charge in [0, 0.05) is 11.5 Å². The SMILES string of the molecule is CCSc1nnc(NC(=O)C=Cc2csc(C)n2)s1. The Morgan fingerprint density at radius 2 is 2.37 bits per heavy atom. The molecule has 0 unspecified atom stereocenters. The van der Waals surface area contributed by atoms with Gasteiger partial charge in [-0.1, -0.05) is 30.0 Å². The highest BCUT2D eigenvalue weighted by atomic mass is 32.2. The van der Waals surface area contributed by atoms with Crippen LogP contribution in [-0.4, -0.2) is 26.8 Å². The van der Waals surface area contributed by atoms with Crippen LogP contribution < -0.4 is 5.32 Å². The van der Waals surface area contributed by atoms with Crippen molar-refractivity contribution < 1.29 is 4.79 Å². The fourth-order valence-electron chi connectivity index (χ4n) is 1.21. The molecular weight excluding hydrogens is 300 g/mol. The predicted molar refractivity (Wildman–Crippen MR) is 80.8 cm³/mol. The van der Waals surface area contributed by atoms with Crippen molar-refractivity contribution >= 4 is 51.6 Å². The summed E-state index contributed by atoms with van der Waals surface area (Å²) in [5.41, 5.74) is 0.789. The van der Waals surface area contributed by atoms with Crippen molar-refractivity contribution in [1.82, 2.24) is 15.2 Å². The zero-order valence-corrected chi connectivity index (χ0v) is 12.9. The van der Waals surface area contributed by atoms with E-state index < -0.39 is 0 Å². The number of nitrogens with one attached hydrogen (secondary N) is 1. The van der Waals surface area contributed by atoms with E-state index in [2.05, 4.69) is 20.5 Å². The van der Waals surface area contributed by atoms with Gasteiger partial charge in [-0.3, -0.25) is 10.1 Å². The van der Waals surface area contributed by atoms with E-state index in [4.69, 9.17) is 0 Å². The summed E-state index contributed by atoms with van der Waals surface area (Å²) in [6.07, 6.45) is 3.13. The van der Waals surface area contributed by atoms with Gasteiger partial charge >= 0.3 is 0 Å². The fraction of sp³-hybridized carbons (Fsp3) is 0.273. The van der Waals surface area contributed by atoms with E-state index in [1.54, 1.807) is 29.2 Å². The molecule has 8 heteroatoms. The first-order valence-electron chi connectivity index (χ1n) is 5.55. The molecule has 0 fully saturated rings. The number of nitrogens with zero attached hydrogens (tertiary/aromatic N) is 3. The molecule has 2 heterocycles. The molecule has 0 saturated carbocycles. The lowest BCUT2D eigenvalue weighted by Crippen LogP contribution is -2.07. The highest BCUT2D eigenvalue weighted by Gasteiger charge is 2.06. The molecule has 0 aliphatic rings. The first-order valence-corrected chi connectivity index (χ1v) is 8.23. The minimum Gasteiger partial charge on any atom is -0.297 e. The third-order valence-electron chi connectivity index (χ3n) is 1.95. The van der Waals surface area contributed by atoms with Gasteiger partial charge < -0.3 is 0 Å². The van der Waals surface area contributed by atoms with Crippen LogP contribution in [0.2, 0.25) is 0 Å². The maximum absolute atomic E-state index is 11.7. The lowest BCUT2D eigenvalue weighted by atomic mass is 10.4. The predicted octanol–water partition coefficient (Wildman–Crippen LogP) is 3.07. The smallest absolute Gasteiger partial charge is 0.250 e. The van der Waals surface area contributed by atoms with Crippen LogP contribution in [0.1, 0.15) is 17.6 Å². The highest BCUT2D eigenvalue weighted by Crippen LogP contribution is 2.24. The van der Waals surface area contributed by atoms with E-state index in [1.165, 1.54) is 17.4 Å². The number of thiazole rings is 1. The van der Waals surface area contributed by atoms with Crippen LogP contribution in [0.3, 0.4) is 0 Å². The standard InChI is InChI=1S/C11H12N4OS3/c1-3-17-11-15-14-10(19-11)13-9(16)5-4-8-6-18-7(2)12-8/h4-6H,3H2,1-2H3,(H,13,14,16). The summed E-state index contributed by atoms with van der Waals surface area (Å²) in [5, 5.41) is 13.9. The quantitative estimate of drug-likeness (QED) is 0.522. The molecule has 0 bridgehead atoms. The van der Waals surface area contributed by atoms with Crippen molar-refractivity contribution in [3.05, 3.63) is 22.2 Å². The number of amides is 1. The molecule has 5 nitrogen and oxygen atoms in total. The molecule has 2 aromatic heterocycles. The third kappa shape index (κ3) is 4.41. The van der Waals surface area contributed by atoms with Crippen molar-refractivity contribution in [2.45, 2.75) is 18.2 Å². The second-order valence-electron chi connectivity index (χ2n) is 3.42. The number of hydrogen-bond donors (Lipinski definition) is 1. The Bertz CT molecular complexity index is 590. The number of hydrogen-bond acceptors (Lipinski definition) is 7. The maximum Gasteiger partial charge on any atom is 0.250 e. The molecule has 0 aromatic carbocycles. The molecule has 0 aliphatic heterocycles. The number of carbonyl (C=O) groups is 1. The first kappa shape index (κ1) is 14.2. The van der Waals surface area contributed by atoms with Gasteiger partial charge in [0.2, 0.25) is 11.0 Å². The summed E-state index contributed by atoms with van der Waals surface area (Å²) < 4.78 is 0.858. The minimum absolute atomic E-state index is 0.227. The van der Waals surface area contributed by atoms with E-state index in [0.29, 0.717) is 5.13 Å². The molecule has 2 rings (SSSR count). The molecule has 0 atom stereocenters. The Labute approximate surface area is 123 Å². The summed E-state index contributed by atoms with van der Waals surface area (Å²) in [5.74, 6) is 0.709. The van der Waals surface area contributed by atoms with Gasteiger partial charge in [0.05, 0.1) is 10.7 Å². The van der Waals surface area contributed by atoms with Crippen LogP contribution in [0, 0.1) is 6.92 Å². The average Bonchev–Trinajstić information content (AvgIpc) is 2.97. The largest absolute Gasteiger partial charge is 0.297 e. The van der Waals surface area contributed by atoms with E-state index >= 15 is 0 Å². The summed E-state index contributed by atoms with van der Waals surface area (Å²) in [6.45, 7) is 3.97. The van der Waals surface area contributed by atoms with E-state index in [0.717, 1.165) is 20.8 Å². The van der Waals surface area contributed by atoms with E-state index in [-0.39, 0.29) is 5.91 Å². The molecule has 2 aromatic rings. The Morgan fingerprint density at radius 1 is 1.53 bits per heavy atom. The van der Waals surface area contributed by atoms with Gasteiger partial charge in [0.15, 0.2) is 4.34 Å². The number of carbonyl (C=O) groups excluding carboxylic acids is 1. The van der Waals surface area contributed by atoms with Crippen molar-refractivity contribution in [2.75, 3.05) is 11.1 Å². The zero-order valence-electron chi connectivity index (χ0n) is 10.4. The molecule has 19 heavy (non-hydrogen) atoms.